The number of allylic oxidation sites excluding steroid dienone is 2. The molecule has 0 aliphatic heterocycles. The van der Waals surface area contributed by atoms with Crippen LogP contribution < -0.4 is 0 Å². The summed E-state index contributed by atoms with van der Waals surface area (Å²) in [5.41, 5.74) is 0.0597. The molecule has 14 heavy (non-hydrogen) atoms. The van der Waals surface area contributed by atoms with Gasteiger partial charge in [-0.25, -0.2) is 0 Å². The molecule has 1 nitrogen and oxygen atoms in total. The smallest absolute Gasteiger partial charge is 0.195 e. The summed E-state index contributed by atoms with van der Waals surface area (Å²) in [4.78, 5) is 12.4. The summed E-state index contributed by atoms with van der Waals surface area (Å²) < 4.78 is 0.991. The third-order valence-electron chi connectivity index (χ3n) is 1.55. The maximum absolute atomic E-state index is 11.6. The van der Waals surface area contributed by atoms with Crippen molar-refractivity contribution in [3.05, 3.63) is 32.9 Å². The molecule has 1 heterocycles. The van der Waals surface area contributed by atoms with Crippen LogP contribution in [0, 0.1) is 5.41 Å². The van der Waals surface area contributed by atoms with Gasteiger partial charge in [-0.1, -0.05) is 26.8 Å². The van der Waals surface area contributed by atoms with Crippen LogP contribution in [-0.2, 0) is 0 Å². The van der Waals surface area contributed by atoms with Crippen molar-refractivity contribution in [3.63, 3.8) is 0 Å². The number of halogens is 1. The summed E-state index contributed by atoms with van der Waals surface area (Å²) >= 11 is 4.80. The summed E-state index contributed by atoms with van der Waals surface area (Å²) in [7, 11) is 0. The topological polar surface area (TPSA) is 17.1 Å². The number of rotatable bonds is 2. The highest BCUT2D eigenvalue weighted by molar-refractivity contribution is 9.11. The van der Waals surface area contributed by atoms with E-state index in [0.29, 0.717) is 0 Å². The molecule has 0 saturated heterocycles. The van der Waals surface area contributed by atoms with E-state index in [2.05, 4.69) is 36.7 Å². The molecule has 0 aliphatic rings. The minimum absolute atomic E-state index is 0.0597. The fraction of sp³-hybridized carbons (Fsp3) is 0.364. The van der Waals surface area contributed by atoms with Crippen LogP contribution in [0.4, 0.5) is 0 Å². The maximum Gasteiger partial charge on any atom is 0.195 e. The number of hydrogen-bond donors (Lipinski definition) is 0. The van der Waals surface area contributed by atoms with Crippen LogP contribution in [0.5, 0.6) is 0 Å². The minimum atomic E-state index is 0.0597. The lowest BCUT2D eigenvalue weighted by Gasteiger charge is -2.10. The van der Waals surface area contributed by atoms with Crippen LogP contribution in [0.25, 0.3) is 0 Å². The molecule has 3 heteroatoms. The summed E-state index contributed by atoms with van der Waals surface area (Å²) in [6.07, 6.45) is 3.58. The maximum atomic E-state index is 11.6. The molecule has 0 radical (unpaired) electrons. The number of carbonyl (C=O) groups excluding carboxylic acids is 1. The zero-order chi connectivity index (χ0) is 10.8. The van der Waals surface area contributed by atoms with Crippen molar-refractivity contribution in [1.29, 1.82) is 0 Å². The Morgan fingerprint density at radius 3 is 2.50 bits per heavy atom. The van der Waals surface area contributed by atoms with Crippen molar-refractivity contribution >= 4 is 33.0 Å². The Morgan fingerprint density at radius 1 is 1.43 bits per heavy atom. The lowest BCUT2D eigenvalue weighted by molar-refractivity contribution is 0.104. The van der Waals surface area contributed by atoms with Crippen molar-refractivity contribution in [3.8, 4) is 0 Å². The van der Waals surface area contributed by atoms with Gasteiger partial charge in [0, 0.05) is 0 Å². The molecule has 0 fully saturated rings. The summed E-state index contributed by atoms with van der Waals surface area (Å²) in [6.45, 7) is 6.21. The van der Waals surface area contributed by atoms with Gasteiger partial charge in [0.15, 0.2) is 5.78 Å². The molecule has 1 aromatic rings. The van der Waals surface area contributed by atoms with Crippen LogP contribution >= 0.6 is 27.3 Å². The quantitative estimate of drug-likeness (QED) is 0.580. The van der Waals surface area contributed by atoms with Gasteiger partial charge in [-0.2, -0.15) is 0 Å². The lowest BCUT2D eigenvalue weighted by atomic mass is 9.96. The van der Waals surface area contributed by atoms with Gasteiger partial charge in [0.1, 0.15) is 0 Å². The van der Waals surface area contributed by atoms with E-state index in [0.717, 1.165) is 8.66 Å². The molecule has 1 aromatic heterocycles. The molecule has 0 amide bonds. The molecule has 0 bridgehead atoms. The Labute approximate surface area is 97.0 Å². The molecule has 0 N–H and O–H groups in total. The molecule has 0 aromatic carbocycles. The van der Waals surface area contributed by atoms with Crippen molar-refractivity contribution in [1.82, 2.24) is 0 Å². The second-order valence-corrected chi connectivity index (χ2v) is 6.63. The fourth-order valence-electron chi connectivity index (χ4n) is 0.855. The van der Waals surface area contributed by atoms with Crippen molar-refractivity contribution in [2.24, 2.45) is 5.41 Å². The lowest BCUT2D eigenvalue weighted by Crippen LogP contribution is -2.00. The van der Waals surface area contributed by atoms with E-state index in [4.69, 9.17) is 0 Å². The van der Waals surface area contributed by atoms with Gasteiger partial charge in [0.25, 0.3) is 0 Å². The van der Waals surface area contributed by atoms with Crippen molar-refractivity contribution < 1.29 is 4.79 Å². The van der Waals surface area contributed by atoms with E-state index < -0.39 is 0 Å². The van der Waals surface area contributed by atoms with Gasteiger partial charge >= 0.3 is 0 Å². The van der Waals surface area contributed by atoms with Crippen LogP contribution in [0.3, 0.4) is 0 Å². The zero-order valence-corrected chi connectivity index (χ0v) is 10.9. The highest BCUT2D eigenvalue weighted by atomic mass is 79.9. The second-order valence-electron chi connectivity index (χ2n) is 4.17. The van der Waals surface area contributed by atoms with Crippen LogP contribution in [0.2, 0.25) is 0 Å². The van der Waals surface area contributed by atoms with E-state index >= 15 is 0 Å². The first-order valence-electron chi connectivity index (χ1n) is 4.37. The standard InChI is InChI=1S/C11H13BrOS/c1-11(2,3)7-6-8(13)9-4-5-10(12)14-9/h4-7H,1-3H3/b7-6+. The highest BCUT2D eigenvalue weighted by Crippen LogP contribution is 2.23. The van der Waals surface area contributed by atoms with Gasteiger partial charge in [0.2, 0.25) is 0 Å². The Morgan fingerprint density at radius 2 is 2.07 bits per heavy atom. The summed E-state index contributed by atoms with van der Waals surface area (Å²) in [6, 6.07) is 3.73. The summed E-state index contributed by atoms with van der Waals surface area (Å²) in [5.74, 6) is 0.0793. The Hall–Kier alpha value is -0.410. The number of hydrogen-bond acceptors (Lipinski definition) is 2. The van der Waals surface area contributed by atoms with Gasteiger partial charge in [0.05, 0.1) is 8.66 Å². The van der Waals surface area contributed by atoms with E-state index in [-0.39, 0.29) is 11.2 Å². The van der Waals surface area contributed by atoms with E-state index in [9.17, 15) is 4.79 Å². The largest absolute Gasteiger partial charge is 0.288 e. The van der Waals surface area contributed by atoms with E-state index in [1.54, 1.807) is 6.08 Å². The Balaban J connectivity index is 2.73. The first kappa shape index (κ1) is 11.7. The predicted molar refractivity (Wildman–Crippen MR) is 64.9 cm³/mol. The first-order valence-corrected chi connectivity index (χ1v) is 5.98. The van der Waals surface area contributed by atoms with Crippen LogP contribution in [0.1, 0.15) is 30.4 Å². The molecule has 0 spiro atoms. The fourth-order valence-corrected chi connectivity index (χ4v) is 2.16. The first-order chi connectivity index (χ1) is 6.38. The third-order valence-corrected chi connectivity index (χ3v) is 3.19. The molecule has 0 saturated carbocycles. The molecule has 0 unspecified atom stereocenters. The minimum Gasteiger partial charge on any atom is -0.288 e. The SMILES string of the molecule is CC(C)(C)/C=C/C(=O)c1ccc(Br)s1. The Kier molecular flexibility index (Phi) is 3.67. The molecule has 0 atom stereocenters. The number of ketones is 1. The molecular weight excluding hydrogens is 260 g/mol. The van der Waals surface area contributed by atoms with Crippen LogP contribution in [-0.4, -0.2) is 5.78 Å². The summed E-state index contributed by atoms with van der Waals surface area (Å²) in [5, 5.41) is 0. The second kappa shape index (κ2) is 4.41. The molecular formula is C11H13BrOS. The molecule has 1 rings (SSSR count). The van der Waals surface area contributed by atoms with Gasteiger partial charge < -0.3 is 0 Å². The Bertz CT molecular complexity index is 358. The average molecular weight is 273 g/mol. The average Bonchev–Trinajstić information content (AvgIpc) is 2.46. The van der Waals surface area contributed by atoms with Crippen molar-refractivity contribution in [2.45, 2.75) is 20.8 Å². The van der Waals surface area contributed by atoms with E-state index in [1.807, 2.05) is 18.2 Å². The predicted octanol–water partition coefficient (Wildman–Crippen LogP) is 4.30. The van der Waals surface area contributed by atoms with Gasteiger partial charge in [-0.15, -0.1) is 11.3 Å². The highest BCUT2D eigenvalue weighted by Gasteiger charge is 2.08. The van der Waals surface area contributed by atoms with Gasteiger partial charge in [-0.3, -0.25) is 4.79 Å². The van der Waals surface area contributed by atoms with E-state index in [1.165, 1.54) is 11.3 Å². The zero-order valence-electron chi connectivity index (χ0n) is 8.50. The number of carbonyl (C=O) groups is 1. The van der Waals surface area contributed by atoms with Gasteiger partial charge in [-0.05, 0) is 39.6 Å². The number of thiophene rings is 1. The van der Waals surface area contributed by atoms with Crippen molar-refractivity contribution in [2.75, 3.05) is 0 Å². The molecule has 0 aliphatic carbocycles. The third kappa shape index (κ3) is 3.76. The normalized spacial score (nSPS) is 12.3. The molecule has 76 valence electrons. The van der Waals surface area contributed by atoms with Crippen LogP contribution in [0.15, 0.2) is 28.1 Å². The monoisotopic (exact) mass is 272 g/mol.